The Morgan fingerprint density at radius 1 is 0.912 bits per heavy atom. The van der Waals surface area contributed by atoms with Gasteiger partial charge in [-0.15, -0.1) is 0 Å². The van der Waals surface area contributed by atoms with Gasteiger partial charge in [0.25, 0.3) is 0 Å². The fraction of sp³-hybridized carbons (Fsp3) is 0.613. The van der Waals surface area contributed by atoms with E-state index in [9.17, 15) is 0 Å². The van der Waals surface area contributed by atoms with Crippen molar-refractivity contribution in [2.75, 3.05) is 37.6 Å². The highest BCUT2D eigenvalue weighted by Gasteiger charge is 2.29. The maximum atomic E-state index is 6.29. The van der Waals surface area contributed by atoms with E-state index in [1.165, 1.54) is 75.8 Å². The normalized spacial score (nSPS) is 18.2. The van der Waals surface area contributed by atoms with Crippen molar-refractivity contribution in [1.29, 1.82) is 0 Å². The maximum absolute atomic E-state index is 6.29. The van der Waals surface area contributed by atoms with Crippen LogP contribution in [-0.4, -0.2) is 37.6 Å². The number of nitrogens with zero attached hydrogens (tertiary/aromatic N) is 2. The van der Waals surface area contributed by atoms with Gasteiger partial charge in [-0.05, 0) is 73.1 Å². The molecule has 1 unspecified atom stereocenters. The first kappa shape index (κ1) is 25.1. The molecule has 1 aliphatic carbocycles. The molecule has 0 N–H and O–H groups in total. The van der Waals surface area contributed by atoms with Crippen LogP contribution in [0.25, 0.3) is 0 Å². The van der Waals surface area contributed by atoms with Crippen LogP contribution in [0.15, 0.2) is 48.5 Å². The molecule has 186 valence electrons. The lowest BCUT2D eigenvalue weighted by atomic mass is 9.75. The number of rotatable bonds is 12. The van der Waals surface area contributed by atoms with E-state index in [1.54, 1.807) is 0 Å². The lowest BCUT2D eigenvalue weighted by Crippen LogP contribution is -2.47. The molecule has 0 bridgehead atoms. The monoisotopic (exact) mass is 462 g/mol. The van der Waals surface area contributed by atoms with E-state index in [1.807, 2.05) is 30.3 Å². The van der Waals surface area contributed by atoms with E-state index in [0.717, 1.165) is 30.5 Å². The second kappa shape index (κ2) is 11.6. The largest absolute Gasteiger partial charge is 0.457 e. The Labute approximate surface area is 208 Å². The van der Waals surface area contributed by atoms with E-state index in [-0.39, 0.29) is 0 Å². The number of hydrogen-bond donors (Lipinski definition) is 0. The standard InChI is InChI=1S/C31H46N2O/c1-5-10-26(23-31(3,4)17-6-2)29-16-15-28(34-27-11-8-7-9-12-27)22-30(29)33-20-18-32(19-21-33)24-25-13-14-25/h7-9,11-12,15-16,22,25-26H,5-6,10,13-14,17-21,23-24H2,1-4H3. The smallest absolute Gasteiger partial charge is 0.129 e. The summed E-state index contributed by atoms with van der Waals surface area (Å²) < 4.78 is 6.29. The molecule has 0 spiro atoms. The van der Waals surface area contributed by atoms with Crippen LogP contribution in [0.5, 0.6) is 11.5 Å². The molecule has 1 atom stereocenters. The van der Waals surface area contributed by atoms with E-state index < -0.39 is 0 Å². The minimum absolute atomic E-state index is 0.369. The third-order valence-corrected chi connectivity index (χ3v) is 7.71. The Bertz CT molecular complexity index is 882. The summed E-state index contributed by atoms with van der Waals surface area (Å²) >= 11 is 0. The third-order valence-electron chi connectivity index (χ3n) is 7.71. The van der Waals surface area contributed by atoms with Crippen molar-refractivity contribution >= 4 is 5.69 Å². The van der Waals surface area contributed by atoms with Gasteiger partial charge in [0, 0.05) is 44.5 Å². The van der Waals surface area contributed by atoms with E-state index >= 15 is 0 Å². The number of ether oxygens (including phenoxy) is 1. The van der Waals surface area contributed by atoms with Gasteiger partial charge in [-0.1, -0.05) is 64.8 Å². The Kier molecular flexibility index (Phi) is 8.58. The predicted octanol–water partition coefficient (Wildman–Crippen LogP) is 8.11. The van der Waals surface area contributed by atoms with Crippen LogP contribution < -0.4 is 9.64 Å². The average molecular weight is 463 g/mol. The molecule has 3 heteroatoms. The Balaban J connectivity index is 1.59. The van der Waals surface area contributed by atoms with Crippen LogP contribution in [0.2, 0.25) is 0 Å². The van der Waals surface area contributed by atoms with Crippen molar-refractivity contribution in [1.82, 2.24) is 4.90 Å². The van der Waals surface area contributed by atoms with Crippen LogP contribution in [0.3, 0.4) is 0 Å². The minimum Gasteiger partial charge on any atom is -0.457 e. The van der Waals surface area contributed by atoms with E-state index in [2.05, 4.69) is 55.7 Å². The second-order valence-electron chi connectivity index (χ2n) is 11.5. The first-order valence-electron chi connectivity index (χ1n) is 13.8. The highest BCUT2D eigenvalue weighted by molar-refractivity contribution is 5.59. The molecule has 2 aromatic carbocycles. The predicted molar refractivity (Wildman–Crippen MR) is 145 cm³/mol. The van der Waals surface area contributed by atoms with Crippen LogP contribution in [0.4, 0.5) is 5.69 Å². The molecular weight excluding hydrogens is 416 g/mol. The molecular formula is C31H46N2O. The number of anilines is 1. The van der Waals surface area contributed by atoms with Crippen LogP contribution >= 0.6 is 0 Å². The Hall–Kier alpha value is -2.00. The quantitative estimate of drug-likeness (QED) is 0.317. The van der Waals surface area contributed by atoms with Gasteiger partial charge in [0.05, 0.1) is 0 Å². The summed E-state index contributed by atoms with van der Waals surface area (Å²) in [6.07, 6.45) is 9.15. The zero-order valence-electron chi connectivity index (χ0n) is 22.1. The summed E-state index contributed by atoms with van der Waals surface area (Å²) in [6, 6.07) is 17.1. The van der Waals surface area contributed by atoms with Gasteiger partial charge in [0.15, 0.2) is 0 Å². The second-order valence-corrected chi connectivity index (χ2v) is 11.5. The molecule has 2 aromatic rings. The summed E-state index contributed by atoms with van der Waals surface area (Å²) in [5, 5.41) is 0. The minimum atomic E-state index is 0.369. The highest BCUT2D eigenvalue weighted by atomic mass is 16.5. The van der Waals surface area contributed by atoms with Crippen LogP contribution in [-0.2, 0) is 0 Å². The third kappa shape index (κ3) is 7.01. The van der Waals surface area contributed by atoms with Crippen molar-refractivity contribution in [3.63, 3.8) is 0 Å². The molecule has 34 heavy (non-hydrogen) atoms. The van der Waals surface area contributed by atoms with E-state index in [4.69, 9.17) is 4.74 Å². The molecule has 1 heterocycles. The summed E-state index contributed by atoms with van der Waals surface area (Å²) in [5.74, 6) is 3.43. The van der Waals surface area contributed by atoms with Crippen LogP contribution in [0, 0.1) is 11.3 Å². The van der Waals surface area contributed by atoms with Gasteiger partial charge in [0.1, 0.15) is 11.5 Å². The molecule has 4 rings (SSSR count). The Morgan fingerprint density at radius 2 is 1.65 bits per heavy atom. The first-order valence-corrected chi connectivity index (χ1v) is 13.8. The molecule has 2 aliphatic rings. The summed E-state index contributed by atoms with van der Waals surface area (Å²) in [4.78, 5) is 5.33. The number of hydrogen-bond acceptors (Lipinski definition) is 3. The molecule has 0 aromatic heterocycles. The van der Waals surface area contributed by atoms with Crippen molar-refractivity contribution in [3.05, 3.63) is 54.1 Å². The first-order chi connectivity index (χ1) is 16.5. The fourth-order valence-corrected chi connectivity index (χ4v) is 5.83. The van der Waals surface area contributed by atoms with Gasteiger partial charge in [-0.2, -0.15) is 0 Å². The van der Waals surface area contributed by atoms with Gasteiger partial charge in [0.2, 0.25) is 0 Å². The number of benzene rings is 2. The molecule has 2 fully saturated rings. The van der Waals surface area contributed by atoms with Crippen molar-refractivity contribution < 1.29 is 4.74 Å². The summed E-state index contributed by atoms with van der Waals surface area (Å²) in [5.41, 5.74) is 3.31. The molecule has 0 radical (unpaired) electrons. The van der Waals surface area contributed by atoms with E-state index in [0.29, 0.717) is 11.3 Å². The average Bonchev–Trinajstić information content (AvgIpc) is 3.64. The highest BCUT2D eigenvalue weighted by Crippen LogP contribution is 2.43. The van der Waals surface area contributed by atoms with Gasteiger partial charge >= 0.3 is 0 Å². The number of para-hydroxylation sites is 1. The zero-order chi connectivity index (χ0) is 24.0. The van der Waals surface area contributed by atoms with Crippen molar-refractivity contribution in [2.45, 2.75) is 78.6 Å². The van der Waals surface area contributed by atoms with Crippen LogP contribution in [0.1, 0.15) is 84.1 Å². The summed E-state index contributed by atoms with van der Waals surface area (Å²) in [7, 11) is 0. The van der Waals surface area contributed by atoms with Crippen molar-refractivity contribution in [3.8, 4) is 11.5 Å². The lowest BCUT2D eigenvalue weighted by Gasteiger charge is -2.39. The Morgan fingerprint density at radius 3 is 2.29 bits per heavy atom. The zero-order valence-corrected chi connectivity index (χ0v) is 22.1. The maximum Gasteiger partial charge on any atom is 0.129 e. The fourth-order valence-electron chi connectivity index (χ4n) is 5.83. The van der Waals surface area contributed by atoms with Gasteiger partial charge in [-0.25, -0.2) is 0 Å². The topological polar surface area (TPSA) is 15.7 Å². The molecule has 1 saturated heterocycles. The molecule has 1 saturated carbocycles. The molecule has 1 aliphatic heterocycles. The lowest BCUT2D eigenvalue weighted by molar-refractivity contribution is 0.247. The molecule has 0 amide bonds. The number of piperazine rings is 1. The molecule has 3 nitrogen and oxygen atoms in total. The van der Waals surface area contributed by atoms with Gasteiger partial charge in [-0.3, -0.25) is 4.90 Å². The van der Waals surface area contributed by atoms with Gasteiger partial charge < -0.3 is 9.64 Å². The van der Waals surface area contributed by atoms with Crippen molar-refractivity contribution in [2.24, 2.45) is 11.3 Å². The SMILES string of the molecule is CCCC(CC(C)(C)CCC)c1ccc(Oc2ccccc2)cc1N1CCN(CC2CC2)CC1. The summed E-state index contributed by atoms with van der Waals surface area (Å²) in [6.45, 7) is 15.5.